The molecule has 1 amide bonds. The van der Waals surface area contributed by atoms with Gasteiger partial charge < -0.3 is 20.1 Å². The predicted molar refractivity (Wildman–Crippen MR) is 109 cm³/mol. The Morgan fingerprint density at radius 3 is 3.07 bits per heavy atom. The summed E-state index contributed by atoms with van der Waals surface area (Å²) in [6.07, 6.45) is 8.23. The number of aromatic nitrogens is 5. The summed E-state index contributed by atoms with van der Waals surface area (Å²) in [7, 11) is 0. The first-order valence-electron chi connectivity index (χ1n) is 9.97. The second kappa shape index (κ2) is 6.67. The first-order valence-corrected chi connectivity index (χ1v) is 10.8. The summed E-state index contributed by atoms with van der Waals surface area (Å²) in [6, 6.07) is 1.88. The highest BCUT2D eigenvalue weighted by molar-refractivity contribution is 9.10. The summed E-state index contributed by atoms with van der Waals surface area (Å²) in [5, 5.41) is 17.8. The maximum atomic E-state index is 12.2. The lowest BCUT2D eigenvalue weighted by molar-refractivity contribution is -0.0510. The number of ether oxygens (including phenoxy) is 2. The van der Waals surface area contributed by atoms with Crippen LogP contribution in [0.5, 0.6) is 0 Å². The highest BCUT2D eigenvalue weighted by Crippen LogP contribution is 2.56. The molecule has 3 aromatic rings. The molecule has 7 rings (SSSR count). The Morgan fingerprint density at radius 2 is 2.27 bits per heavy atom. The van der Waals surface area contributed by atoms with Gasteiger partial charge in [-0.25, -0.2) is 14.3 Å². The number of fused-ring (bicyclic) bond motifs is 1. The van der Waals surface area contributed by atoms with Crippen molar-refractivity contribution in [1.82, 2.24) is 30.1 Å². The standard InChI is InChI=1S/C19H20BrN7O3/c20-12-8-22-27-2-1-21-17(16(12)27)23-15-4-13(25-26-15)14-3-11(9-29-14)30-18(28)24-19-5-10(6-19)7-19/h1-2,4,8,10-11,14H,3,5-7,9H2,(H,24,28)(H2,21,23,25,26)/t10?,11-,14-,19?/m1/s1. The molecule has 3 aromatic heterocycles. The van der Waals surface area contributed by atoms with Crippen molar-refractivity contribution in [2.75, 3.05) is 11.9 Å². The van der Waals surface area contributed by atoms with Crippen LogP contribution in [0.2, 0.25) is 0 Å². The van der Waals surface area contributed by atoms with Crippen molar-refractivity contribution in [3.05, 3.63) is 34.8 Å². The zero-order valence-corrected chi connectivity index (χ0v) is 17.6. The number of anilines is 2. The Morgan fingerprint density at radius 1 is 1.40 bits per heavy atom. The molecule has 3 saturated carbocycles. The van der Waals surface area contributed by atoms with Crippen LogP contribution in [0.3, 0.4) is 0 Å². The van der Waals surface area contributed by atoms with Gasteiger partial charge in [0.15, 0.2) is 11.6 Å². The summed E-state index contributed by atoms with van der Waals surface area (Å²) in [4.78, 5) is 16.5. The van der Waals surface area contributed by atoms with Gasteiger partial charge in [-0.1, -0.05) is 0 Å². The molecule has 30 heavy (non-hydrogen) atoms. The molecule has 4 aliphatic rings. The number of amides is 1. The Labute approximate surface area is 179 Å². The number of carbonyl (C=O) groups excluding carboxylic acids is 1. The molecule has 156 valence electrons. The molecule has 1 saturated heterocycles. The highest BCUT2D eigenvalue weighted by Gasteiger charge is 2.57. The number of nitrogens with one attached hydrogen (secondary N) is 3. The quantitative estimate of drug-likeness (QED) is 0.520. The van der Waals surface area contributed by atoms with E-state index in [1.54, 1.807) is 23.1 Å². The second-order valence-electron chi connectivity index (χ2n) is 8.36. The molecule has 0 aromatic carbocycles. The molecule has 4 heterocycles. The van der Waals surface area contributed by atoms with Crippen molar-refractivity contribution in [2.45, 2.75) is 43.4 Å². The van der Waals surface area contributed by atoms with Crippen LogP contribution >= 0.6 is 15.9 Å². The molecule has 3 N–H and O–H groups in total. The zero-order valence-electron chi connectivity index (χ0n) is 16.0. The van der Waals surface area contributed by atoms with E-state index in [1.165, 1.54) is 0 Å². The fourth-order valence-corrected chi connectivity index (χ4v) is 5.07. The van der Waals surface area contributed by atoms with Crippen molar-refractivity contribution >= 4 is 39.2 Å². The van der Waals surface area contributed by atoms with E-state index in [-0.39, 0.29) is 23.8 Å². The third-order valence-electron chi connectivity index (χ3n) is 6.22. The van der Waals surface area contributed by atoms with E-state index in [0.717, 1.165) is 40.9 Å². The van der Waals surface area contributed by atoms with Gasteiger partial charge >= 0.3 is 6.09 Å². The second-order valence-corrected chi connectivity index (χ2v) is 9.22. The number of rotatable bonds is 5. The summed E-state index contributed by atoms with van der Waals surface area (Å²) < 4.78 is 14.0. The third kappa shape index (κ3) is 3.03. The van der Waals surface area contributed by atoms with E-state index >= 15 is 0 Å². The van der Waals surface area contributed by atoms with Crippen LogP contribution in [-0.4, -0.2) is 49.1 Å². The monoisotopic (exact) mass is 473 g/mol. The lowest BCUT2D eigenvalue weighted by Gasteiger charge is -2.61. The van der Waals surface area contributed by atoms with E-state index in [4.69, 9.17) is 9.47 Å². The average Bonchev–Trinajstić information content (AvgIpc) is 3.38. The number of alkyl carbamates (subject to hydrolysis) is 1. The normalized spacial score (nSPS) is 29.3. The summed E-state index contributed by atoms with van der Waals surface area (Å²) >= 11 is 3.49. The largest absolute Gasteiger partial charge is 0.444 e. The maximum absolute atomic E-state index is 12.2. The van der Waals surface area contributed by atoms with Crippen LogP contribution < -0.4 is 10.6 Å². The fourth-order valence-electron chi connectivity index (χ4n) is 4.61. The Bertz CT molecular complexity index is 1110. The van der Waals surface area contributed by atoms with Gasteiger partial charge in [-0.2, -0.15) is 10.2 Å². The Hall–Kier alpha value is -2.66. The van der Waals surface area contributed by atoms with Gasteiger partial charge in [-0.05, 0) is 41.1 Å². The van der Waals surface area contributed by atoms with Crippen molar-refractivity contribution in [1.29, 1.82) is 0 Å². The van der Waals surface area contributed by atoms with Gasteiger partial charge in [0, 0.05) is 30.4 Å². The number of halogens is 1. The minimum Gasteiger partial charge on any atom is -0.444 e. The van der Waals surface area contributed by atoms with E-state index in [9.17, 15) is 4.79 Å². The highest BCUT2D eigenvalue weighted by atomic mass is 79.9. The minimum absolute atomic E-state index is 0.0198. The minimum atomic E-state index is -0.333. The van der Waals surface area contributed by atoms with E-state index in [2.05, 4.69) is 46.8 Å². The van der Waals surface area contributed by atoms with Crippen LogP contribution in [0.25, 0.3) is 5.52 Å². The van der Waals surface area contributed by atoms with Gasteiger partial charge in [0.2, 0.25) is 0 Å². The molecule has 2 atom stereocenters. The summed E-state index contributed by atoms with van der Waals surface area (Å²) in [5.74, 6) is 2.07. The van der Waals surface area contributed by atoms with Gasteiger partial charge in [0.25, 0.3) is 0 Å². The van der Waals surface area contributed by atoms with Crippen LogP contribution in [-0.2, 0) is 9.47 Å². The topological polar surface area (TPSA) is 118 Å². The molecule has 0 unspecified atom stereocenters. The van der Waals surface area contributed by atoms with Crippen LogP contribution in [0.4, 0.5) is 16.4 Å². The van der Waals surface area contributed by atoms with Gasteiger partial charge in [0.1, 0.15) is 17.7 Å². The number of carbonyl (C=O) groups is 1. The number of aromatic amines is 1. The predicted octanol–water partition coefficient (Wildman–Crippen LogP) is 3.07. The van der Waals surface area contributed by atoms with Crippen molar-refractivity contribution in [2.24, 2.45) is 5.92 Å². The van der Waals surface area contributed by atoms with Crippen molar-refractivity contribution in [3.63, 3.8) is 0 Å². The van der Waals surface area contributed by atoms with Crippen LogP contribution in [0, 0.1) is 5.92 Å². The Kier molecular flexibility index (Phi) is 4.03. The van der Waals surface area contributed by atoms with Crippen molar-refractivity contribution < 1.29 is 14.3 Å². The van der Waals surface area contributed by atoms with Crippen LogP contribution in [0.15, 0.2) is 29.1 Å². The van der Waals surface area contributed by atoms with E-state index < -0.39 is 0 Å². The number of nitrogens with zero attached hydrogens (tertiary/aromatic N) is 4. The zero-order chi connectivity index (χ0) is 20.3. The van der Waals surface area contributed by atoms with Gasteiger partial charge in [0.05, 0.1) is 23.0 Å². The lowest BCUT2D eigenvalue weighted by atomic mass is 9.50. The van der Waals surface area contributed by atoms with Gasteiger partial charge in [-0.3, -0.25) is 5.10 Å². The fraction of sp³-hybridized carbons (Fsp3) is 0.474. The maximum Gasteiger partial charge on any atom is 0.407 e. The molecule has 0 radical (unpaired) electrons. The first kappa shape index (κ1) is 18.1. The molecule has 10 nitrogen and oxygen atoms in total. The molecule has 3 aliphatic carbocycles. The molecule has 4 fully saturated rings. The lowest BCUT2D eigenvalue weighted by Crippen LogP contribution is -2.68. The molecule has 2 bridgehead atoms. The van der Waals surface area contributed by atoms with E-state index in [0.29, 0.717) is 24.7 Å². The molecule has 11 heteroatoms. The Balaban J connectivity index is 1.08. The SMILES string of the molecule is O=C(NC12CC(C1)C2)O[C@H]1CO[C@@H](c2cc(Nc3nccn4ncc(Br)c34)n[nH]2)C1. The van der Waals surface area contributed by atoms with Crippen LogP contribution in [0.1, 0.15) is 37.5 Å². The summed E-state index contributed by atoms with van der Waals surface area (Å²) in [5.41, 5.74) is 1.66. The molecule has 1 aliphatic heterocycles. The van der Waals surface area contributed by atoms with E-state index in [1.807, 2.05) is 6.07 Å². The van der Waals surface area contributed by atoms with Gasteiger partial charge in [-0.15, -0.1) is 0 Å². The summed E-state index contributed by atoms with van der Waals surface area (Å²) in [6.45, 7) is 0.374. The number of H-pyrrole nitrogens is 1. The third-order valence-corrected chi connectivity index (χ3v) is 6.80. The molecular weight excluding hydrogens is 454 g/mol. The number of hydrogen-bond acceptors (Lipinski definition) is 7. The average molecular weight is 474 g/mol. The number of hydrogen-bond donors (Lipinski definition) is 3. The molecule has 0 spiro atoms. The molecular formula is C19H20BrN7O3. The first-order chi connectivity index (χ1) is 14.6. The van der Waals surface area contributed by atoms with Crippen molar-refractivity contribution in [3.8, 4) is 0 Å². The smallest absolute Gasteiger partial charge is 0.407 e.